The van der Waals surface area contributed by atoms with Crippen LogP contribution in [0.3, 0.4) is 0 Å². The van der Waals surface area contributed by atoms with Gasteiger partial charge in [0.25, 0.3) is 10.2 Å². The number of aliphatic carboxylic acids is 1. The minimum atomic E-state index is -3.55. The molecule has 0 aromatic carbocycles. The first-order valence-corrected chi connectivity index (χ1v) is 9.30. The molecule has 3 atom stereocenters. The van der Waals surface area contributed by atoms with Crippen LogP contribution < -0.4 is 4.72 Å². The second-order valence-electron chi connectivity index (χ2n) is 6.53. The topological polar surface area (TPSA) is 86.7 Å². The number of hydrogen-bond donors (Lipinski definition) is 2. The molecule has 2 fully saturated rings. The molecule has 0 spiro atoms. The Morgan fingerprint density at radius 3 is 2.71 bits per heavy atom. The van der Waals surface area contributed by atoms with Crippen molar-refractivity contribution in [3.63, 3.8) is 0 Å². The first-order valence-electron chi connectivity index (χ1n) is 7.86. The van der Waals surface area contributed by atoms with Crippen LogP contribution in [0.2, 0.25) is 0 Å². The molecule has 1 aliphatic heterocycles. The summed E-state index contributed by atoms with van der Waals surface area (Å²) in [4.78, 5) is 11.0. The zero-order valence-corrected chi connectivity index (χ0v) is 13.4. The van der Waals surface area contributed by atoms with Crippen LogP contribution in [-0.2, 0) is 15.0 Å². The molecule has 1 heterocycles. The van der Waals surface area contributed by atoms with Gasteiger partial charge in [-0.15, -0.1) is 0 Å². The fourth-order valence-electron chi connectivity index (χ4n) is 3.42. The molecule has 6 nitrogen and oxygen atoms in total. The standard InChI is InChI=1S/C14H26N2O4S/c1-11-4-2-5-12(8-11)9-15-21(19,20)16-7-3-6-13(10-16)14(17)18/h11-13,15H,2-10H2,1H3,(H,17,18). The number of nitrogens with zero attached hydrogens (tertiary/aromatic N) is 1. The first-order chi connectivity index (χ1) is 9.88. The Hall–Kier alpha value is -0.660. The Bertz CT molecular complexity index is 466. The van der Waals surface area contributed by atoms with E-state index in [-0.39, 0.29) is 6.54 Å². The highest BCUT2D eigenvalue weighted by Gasteiger charge is 2.32. The molecule has 2 aliphatic rings. The van der Waals surface area contributed by atoms with Crippen LogP contribution >= 0.6 is 0 Å². The molecule has 0 amide bonds. The Balaban J connectivity index is 1.87. The predicted molar refractivity (Wildman–Crippen MR) is 80.0 cm³/mol. The van der Waals surface area contributed by atoms with Gasteiger partial charge in [-0.05, 0) is 37.5 Å². The van der Waals surface area contributed by atoms with E-state index in [9.17, 15) is 13.2 Å². The maximum Gasteiger partial charge on any atom is 0.307 e. The summed E-state index contributed by atoms with van der Waals surface area (Å²) in [6, 6.07) is 0. The van der Waals surface area contributed by atoms with Gasteiger partial charge in [0, 0.05) is 19.6 Å². The second-order valence-corrected chi connectivity index (χ2v) is 8.28. The molecule has 122 valence electrons. The van der Waals surface area contributed by atoms with Gasteiger partial charge in [-0.3, -0.25) is 4.79 Å². The van der Waals surface area contributed by atoms with E-state index < -0.39 is 22.1 Å². The first kappa shape index (κ1) is 16.7. The Morgan fingerprint density at radius 2 is 2.05 bits per heavy atom. The lowest BCUT2D eigenvalue weighted by atomic mass is 9.83. The predicted octanol–water partition coefficient (Wildman–Crippen LogP) is 1.44. The molecule has 0 aromatic rings. The average molecular weight is 318 g/mol. The summed E-state index contributed by atoms with van der Waals surface area (Å²) in [5.74, 6) is -0.413. The molecule has 0 radical (unpaired) electrons. The van der Waals surface area contributed by atoms with Crippen LogP contribution in [0.1, 0.15) is 45.4 Å². The van der Waals surface area contributed by atoms with Gasteiger partial charge in [-0.1, -0.05) is 19.8 Å². The number of hydrogen-bond acceptors (Lipinski definition) is 3. The number of rotatable bonds is 5. The van der Waals surface area contributed by atoms with Crippen LogP contribution in [0.15, 0.2) is 0 Å². The van der Waals surface area contributed by atoms with Gasteiger partial charge in [0.1, 0.15) is 0 Å². The fraction of sp³-hybridized carbons (Fsp3) is 0.929. The lowest BCUT2D eigenvalue weighted by molar-refractivity contribution is -0.142. The molecule has 21 heavy (non-hydrogen) atoms. The van der Waals surface area contributed by atoms with E-state index >= 15 is 0 Å². The molecular weight excluding hydrogens is 292 g/mol. The summed E-state index contributed by atoms with van der Waals surface area (Å²) in [6.07, 6.45) is 5.71. The van der Waals surface area contributed by atoms with Crippen LogP contribution in [-0.4, -0.2) is 43.4 Å². The number of carboxylic acids is 1. The van der Waals surface area contributed by atoms with Crippen molar-refractivity contribution in [3.8, 4) is 0 Å². The van der Waals surface area contributed by atoms with E-state index in [1.807, 2.05) is 0 Å². The fourth-order valence-corrected chi connectivity index (χ4v) is 4.80. The Kier molecular flexibility index (Phi) is 5.62. The number of nitrogens with one attached hydrogen (secondary N) is 1. The molecule has 2 N–H and O–H groups in total. The van der Waals surface area contributed by atoms with E-state index in [0.717, 1.165) is 12.8 Å². The van der Waals surface area contributed by atoms with E-state index in [1.54, 1.807) is 0 Å². The molecule has 1 saturated carbocycles. The maximum atomic E-state index is 12.3. The van der Waals surface area contributed by atoms with Crippen LogP contribution in [0.25, 0.3) is 0 Å². The highest BCUT2D eigenvalue weighted by molar-refractivity contribution is 7.87. The smallest absolute Gasteiger partial charge is 0.307 e. The zero-order chi connectivity index (χ0) is 15.5. The van der Waals surface area contributed by atoms with Gasteiger partial charge < -0.3 is 5.11 Å². The number of carboxylic acid groups (broad SMARTS) is 1. The summed E-state index contributed by atoms with van der Waals surface area (Å²) >= 11 is 0. The van der Waals surface area contributed by atoms with E-state index in [1.165, 1.54) is 17.1 Å². The SMILES string of the molecule is CC1CCCC(CNS(=O)(=O)N2CCCC(C(=O)O)C2)C1. The van der Waals surface area contributed by atoms with Gasteiger partial charge in [-0.25, -0.2) is 4.72 Å². The molecular formula is C14H26N2O4S. The average Bonchev–Trinajstić information content (AvgIpc) is 2.45. The van der Waals surface area contributed by atoms with Gasteiger partial charge >= 0.3 is 5.97 Å². The summed E-state index contributed by atoms with van der Waals surface area (Å²) in [5, 5.41) is 9.04. The quantitative estimate of drug-likeness (QED) is 0.803. The Labute approximate surface area is 127 Å². The highest BCUT2D eigenvalue weighted by Crippen LogP contribution is 2.28. The molecule has 7 heteroatoms. The van der Waals surface area contributed by atoms with Crippen molar-refractivity contribution in [2.45, 2.75) is 45.4 Å². The molecule has 0 aromatic heterocycles. The van der Waals surface area contributed by atoms with Crippen molar-refractivity contribution in [2.75, 3.05) is 19.6 Å². The van der Waals surface area contributed by atoms with Crippen molar-refractivity contribution < 1.29 is 18.3 Å². The summed E-state index contributed by atoms with van der Waals surface area (Å²) in [5.41, 5.74) is 0. The third-order valence-corrected chi connectivity index (χ3v) is 6.22. The Morgan fingerprint density at radius 1 is 1.29 bits per heavy atom. The molecule has 2 rings (SSSR count). The molecule has 1 saturated heterocycles. The van der Waals surface area contributed by atoms with Crippen LogP contribution in [0, 0.1) is 17.8 Å². The highest BCUT2D eigenvalue weighted by atomic mass is 32.2. The van der Waals surface area contributed by atoms with Gasteiger partial charge in [0.15, 0.2) is 0 Å². The van der Waals surface area contributed by atoms with Crippen molar-refractivity contribution in [1.82, 2.24) is 9.03 Å². The van der Waals surface area contributed by atoms with E-state index in [0.29, 0.717) is 37.8 Å². The third-order valence-electron chi connectivity index (χ3n) is 4.67. The number of piperidine rings is 1. The van der Waals surface area contributed by atoms with Crippen molar-refractivity contribution in [3.05, 3.63) is 0 Å². The van der Waals surface area contributed by atoms with E-state index in [2.05, 4.69) is 11.6 Å². The lowest BCUT2D eigenvalue weighted by Gasteiger charge is -2.31. The van der Waals surface area contributed by atoms with Gasteiger partial charge in [0.2, 0.25) is 0 Å². The van der Waals surface area contributed by atoms with Crippen molar-refractivity contribution in [2.24, 2.45) is 17.8 Å². The van der Waals surface area contributed by atoms with Crippen LogP contribution in [0.5, 0.6) is 0 Å². The van der Waals surface area contributed by atoms with Crippen molar-refractivity contribution >= 4 is 16.2 Å². The minimum absolute atomic E-state index is 0.0890. The minimum Gasteiger partial charge on any atom is -0.481 e. The van der Waals surface area contributed by atoms with Crippen LogP contribution in [0.4, 0.5) is 0 Å². The maximum absolute atomic E-state index is 12.3. The van der Waals surface area contributed by atoms with E-state index in [4.69, 9.17) is 5.11 Å². The monoisotopic (exact) mass is 318 g/mol. The summed E-state index contributed by atoms with van der Waals surface area (Å²) < 4.78 is 28.6. The molecule has 0 bridgehead atoms. The van der Waals surface area contributed by atoms with Gasteiger partial charge in [0.05, 0.1) is 5.92 Å². The normalized spacial score (nSPS) is 32.0. The number of carbonyl (C=O) groups is 1. The third kappa shape index (κ3) is 4.66. The summed E-state index contributed by atoms with van der Waals surface area (Å²) in [6.45, 7) is 3.19. The van der Waals surface area contributed by atoms with Gasteiger partial charge in [-0.2, -0.15) is 12.7 Å². The second kappa shape index (κ2) is 7.07. The summed E-state index contributed by atoms with van der Waals surface area (Å²) in [7, 11) is -3.55. The molecule has 3 unspecified atom stereocenters. The zero-order valence-electron chi connectivity index (χ0n) is 12.6. The lowest BCUT2D eigenvalue weighted by Crippen LogP contribution is -2.48. The largest absolute Gasteiger partial charge is 0.481 e. The van der Waals surface area contributed by atoms with Crippen molar-refractivity contribution in [1.29, 1.82) is 0 Å². The molecule has 1 aliphatic carbocycles.